The molecule has 1 aliphatic heterocycles. The van der Waals surface area contributed by atoms with Crippen molar-refractivity contribution in [2.45, 2.75) is 13.0 Å². The maximum atomic E-state index is 12.2. The van der Waals surface area contributed by atoms with Crippen LogP contribution in [0, 0.1) is 0 Å². The second-order valence-electron chi connectivity index (χ2n) is 6.01. The zero-order chi connectivity index (χ0) is 17.5. The molecule has 7 heteroatoms. The predicted molar refractivity (Wildman–Crippen MR) is 91.4 cm³/mol. The molecular formula is C17H25N3O4. The summed E-state index contributed by atoms with van der Waals surface area (Å²) in [5.74, 6) is -0.0552. The van der Waals surface area contributed by atoms with E-state index in [2.05, 4.69) is 10.2 Å². The van der Waals surface area contributed by atoms with Crippen LogP contribution >= 0.6 is 0 Å². The molecule has 0 aromatic heterocycles. The Balaban J connectivity index is 1.82. The molecule has 0 unspecified atom stereocenters. The van der Waals surface area contributed by atoms with E-state index in [-0.39, 0.29) is 18.4 Å². The van der Waals surface area contributed by atoms with Crippen molar-refractivity contribution in [2.24, 2.45) is 0 Å². The minimum Gasteiger partial charge on any atom is -0.390 e. The molecule has 0 spiro atoms. The van der Waals surface area contributed by atoms with Gasteiger partial charge in [-0.25, -0.2) is 4.79 Å². The van der Waals surface area contributed by atoms with Crippen LogP contribution in [0.5, 0.6) is 0 Å². The highest BCUT2D eigenvalue weighted by molar-refractivity contribution is 5.96. The third-order valence-electron chi connectivity index (χ3n) is 3.92. The summed E-state index contributed by atoms with van der Waals surface area (Å²) >= 11 is 0. The molecule has 132 valence electrons. The first-order valence-corrected chi connectivity index (χ1v) is 8.07. The van der Waals surface area contributed by atoms with Crippen LogP contribution in [0.2, 0.25) is 0 Å². The number of hydrogen-bond donors (Lipinski definition) is 2. The molecule has 0 saturated carbocycles. The number of hydrogen-bond acceptors (Lipinski definition) is 5. The number of likely N-dealkylation sites (N-methyl/N-ethyl adjacent to an activating group) is 1. The molecule has 1 heterocycles. The first-order chi connectivity index (χ1) is 11.5. The molecule has 1 fully saturated rings. The number of Topliss-reactive ketones (excluding diaryl/α,β-unsaturated/α-hetero) is 1. The summed E-state index contributed by atoms with van der Waals surface area (Å²) in [4.78, 5) is 27.1. The minimum absolute atomic E-state index is 0.0552. The van der Waals surface area contributed by atoms with Crippen molar-refractivity contribution >= 4 is 17.5 Å². The van der Waals surface area contributed by atoms with Crippen LogP contribution in [-0.2, 0) is 4.74 Å². The van der Waals surface area contributed by atoms with Gasteiger partial charge < -0.3 is 20.1 Å². The summed E-state index contributed by atoms with van der Waals surface area (Å²) < 4.78 is 5.27. The number of ketones is 1. The van der Waals surface area contributed by atoms with E-state index in [9.17, 15) is 14.7 Å². The fraction of sp³-hybridized carbons (Fsp3) is 0.529. The Labute approximate surface area is 142 Å². The molecule has 1 saturated heterocycles. The molecule has 1 aliphatic rings. The standard InChI is InChI=1S/C17H25N3O4/c1-13(21)14-4-3-5-15(10-14)18-17(23)19(2)11-16(22)12-20-6-8-24-9-7-20/h3-5,10,16,22H,6-9,11-12H2,1-2H3,(H,18,23)/t16-/m0/s1. The van der Waals surface area contributed by atoms with Gasteiger partial charge in [-0.2, -0.15) is 0 Å². The summed E-state index contributed by atoms with van der Waals surface area (Å²) in [6, 6.07) is 6.46. The van der Waals surface area contributed by atoms with Crippen LogP contribution in [0.4, 0.5) is 10.5 Å². The van der Waals surface area contributed by atoms with Crippen molar-refractivity contribution in [3.05, 3.63) is 29.8 Å². The van der Waals surface area contributed by atoms with Crippen molar-refractivity contribution < 1.29 is 19.4 Å². The molecule has 2 rings (SSSR count). The number of benzene rings is 1. The third-order valence-corrected chi connectivity index (χ3v) is 3.92. The Kier molecular flexibility index (Phi) is 6.72. The Morgan fingerprint density at radius 2 is 2.08 bits per heavy atom. The molecule has 0 aliphatic carbocycles. The highest BCUT2D eigenvalue weighted by atomic mass is 16.5. The number of β-amino-alcohol motifs (C(OH)–C–C–N with tert-alkyl or cyclic N) is 1. The Hall–Kier alpha value is -1.96. The Morgan fingerprint density at radius 1 is 1.38 bits per heavy atom. The van der Waals surface area contributed by atoms with Crippen molar-refractivity contribution in [1.29, 1.82) is 0 Å². The molecule has 0 bridgehead atoms. The molecule has 0 radical (unpaired) electrons. The van der Waals surface area contributed by atoms with Crippen LogP contribution < -0.4 is 5.32 Å². The number of rotatable bonds is 6. The van der Waals surface area contributed by atoms with Crippen LogP contribution in [0.15, 0.2) is 24.3 Å². The van der Waals surface area contributed by atoms with Crippen molar-refractivity contribution in [3.63, 3.8) is 0 Å². The van der Waals surface area contributed by atoms with E-state index in [1.807, 2.05) is 0 Å². The van der Waals surface area contributed by atoms with E-state index in [0.29, 0.717) is 31.0 Å². The summed E-state index contributed by atoms with van der Waals surface area (Å²) in [6.45, 7) is 5.17. The van der Waals surface area contributed by atoms with Crippen LogP contribution in [0.3, 0.4) is 0 Å². The van der Waals surface area contributed by atoms with Gasteiger partial charge in [0.15, 0.2) is 5.78 Å². The van der Waals surface area contributed by atoms with Crippen LogP contribution in [-0.4, -0.2) is 79.3 Å². The van der Waals surface area contributed by atoms with Gasteiger partial charge in [-0.15, -0.1) is 0 Å². The average Bonchev–Trinajstić information content (AvgIpc) is 2.55. The largest absolute Gasteiger partial charge is 0.390 e. The van der Waals surface area contributed by atoms with E-state index in [0.717, 1.165) is 13.1 Å². The maximum absolute atomic E-state index is 12.2. The quantitative estimate of drug-likeness (QED) is 0.759. The van der Waals surface area contributed by atoms with Gasteiger partial charge in [-0.05, 0) is 19.1 Å². The summed E-state index contributed by atoms with van der Waals surface area (Å²) in [6.07, 6.45) is -0.623. The maximum Gasteiger partial charge on any atom is 0.321 e. The Bertz CT molecular complexity index is 573. The number of amides is 2. The predicted octanol–water partition coefficient (Wildman–Crippen LogP) is 1.05. The molecule has 1 atom stereocenters. The van der Waals surface area contributed by atoms with E-state index in [1.165, 1.54) is 11.8 Å². The van der Waals surface area contributed by atoms with E-state index < -0.39 is 6.10 Å². The fourth-order valence-corrected chi connectivity index (χ4v) is 2.57. The van der Waals surface area contributed by atoms with Crippen LogP contribution in [0.25, 0.3) is 0 Å². The molecule has 24 heavy (non-hydrogen) atoms. The molecule has 7 nitrogen and oxygen atoms in total. The lowest BCUT2D eigenvalue weighted by atomic mass is 10.1. The number of aliphatic hydroxyl groups excluding tert-OH is 1. The smallest absolute Gasteiger partial charge is 0.321 e. The normalized spacial score (nSPS) is 16.5. The second kappa shape index (κ2) is 8.77. The van der Waals surface area contributed by atoms with Gasteiger partial charge in [0.1, 0.15) is 0 Å². The minimum atomic E-state index is -0.623. The van der Waals surface area contributed by atoms with Gasteiger partial charge in [-0.1, -0.05) is 12.1 Å². The molecular weight excluding hydrogens is 310 g/mol. The van der Waals surface area contributed by atoms with Crippen LogP contribution in [0.1, 0.15) is 17.3 Å². The number of carbonyl (C=O) groups excluding carboxylic acids is 2. The van der Waals surface area contributed by atoms with Gasteiger partial charge in [-0.3, -0.25) is 9.69 Å². The summed E-state index contributed by atoms with van der Waals surface area (Å²) in [5.41, 5.74) is 1.10. The lowest BCUT2D eigenvalue weighted by Gasteiger charge is -2.30. The number of urea groups is 1. The van der Waals surface area contributed by atoms with Gasteiger partial charge in [0, 0.05) is 44.5 Å². The van der Waals surface area contributed by atoms with Gasteiger partial charge in [0.2, 0.25) is 0 Å². The lowest BCUT2D eigenvalue weighted by molar-refractivity contribution is 0.0109. The van der Waals surface area contributed by atoms with Crippen molar-refractivity contribution in [1.82, 2.24) is 9.80 Å². The fourth-order valence-electron chi connectivity index (χ4n) is 2.57. The topological polar surface area (TPSA) is 82.1 Å². The molecule has 2 amide bonds. The highest BCUT2D eigenvalue weighted by Gasteiger charge is 2.18. The lowest BCUT2D eigenvalue weighted by Crippen LogP contribution is -2.45. The number of morpholine rings is 1. The zero-order valence-corrected chi connectivity index (χ0v) is 14.2. The first kappa shape index (κ1) is 18.4. The Morgan fingerprint density at radius 3 is 2.75 bits per heavy atom. The van der Waals surface area contributed by atoms with Gasteiger partial charge in [0.25, 0.3) is 0 Å². The molecule has 2 N–H and O–H groups in total. The van der Waals surface area contributed by atoms with E-state index >= 15 is 0 Å². The zero-order valence-electron chi connectivity index (χ0n) is 14.2. The molecule has 1 aromatic rings. The first-order valence-electron chi connectivity index (χ1n) is 8.07. The van der Waals surface area contributed by atoms with E-state index in [1.54, 1.807) is 31.3 Å². The number of anilines is 1. The molecule has 1 aromatic carbocycles. The SMILES string of the molecule is CC(=O)c1cccc(NC(=O)N(C)C[C@H](O)CN2CCOCC2)c1. The number of carbonyl (C=O) groups is 2. The third kappa shape index (κ3) is 5.59. The summed E-state index contributed by atoms with van der Waals surface area (Å²) in [7, 11) is 1.63. The summed E-state index contributed by atoms with van der Waals surface area (Å²) in [5, 5.41) is 12.9. The number of nitrogens with zero attached hydrogens (tertiary/aromatic N) is 2. The number of ether oxygens (including phenoxy) is 1. The van der Waals surface area contributed by atoms with Gasteiger partial charge in [0.05, 0.1) is 19.3 Å². The number of nitrogens with one attached hydrogen (secondary N) is 1. The van der Waals surface area contributed by atoms with E-state index in [4.69, 9.17) is 4.74 Å². The van der Waals surface area contributed by atoms with Crippen molar-refractivity contribution in [3.8, 4) is 0 Å². The number of aliphatic hydroxyl groups is 1. The highest BCUT2D eigenvalue weighted by Crippen LogP contribution is 2.12. The monoisotopic (exact) mass is 335 g/mol. The average molecular weight is 335 g/mol. The van der Waals surface area contributed by atoms with Gasteiger partial charge >= 0.3 is 6.03 Å². The van der Waals surface area contributed by atoms with Crippen molar-refractivity contribution in [2.75, 3.05) is 51.8 Å². The second-order valence-corrected chi connectivity index (χ2v) is 6.01.